The number of benzene rings is 1. The highest BCUT2D eigenvalue weighted by atomic mass is 16.5. The molecule has 1 aliphatic heterocycles. The predicted octanol–water partition coefficient (Wildman–Crippen LogP) is 1.99. The molecule has 0 amide bonds. The van der Waals surface area contributed by atoms with E-state index in [1.807, 2.05) is 0 Å². The number of hydrogen-bond donors (Lipinski definition) is 1. The van der Waals surface area contributed by atoms with Gasteiger partial charge in [-0.2, -0.15) is 0 Å². The first-order chi connectivity index (χ1) is 8.22. The van der Waals surface area contributed by atoms with Gasteiger partial charge in [-0.3, -0.25) is 4.90 Å². The van der Waals surface area contributed by atoms with E-state index in [4.69, 9.17) is 4.74 Å². The van der Waals surface area contributed by atoms with Crippen molar-refractivity contribution in [1.82, 2.24) is 4.90 Å². The minimum atomic E-state index is 0.456. The van der Waals surface area contributed by atoms with Crippen LogP contribution in [0, 0.1) is 0 Å². The molecule has 2 atom stereocenters. The van der Waals surface area contributed by atoms with Crippen LogP contribution in [0.2, 0.25) is 0 Å². The molecule has 0 bridgehead atoms. The van der Waals surface area contributed by atoms with Gasteiger partial charge in [0.25, 0.3) is 0 Å². The molecule has 0 radical (unpaired) electrons. The number of anilines is 1. The van der Waals surface area contributed by atoms with Gasteiger partial charge in [-0.1, -0.05) is 18.2 Å². The summed E-state index contributed by atoms with van der Waals surface area (Å²) in [6, 6.07) is 9.57. The number of likely N-dealkylation sites (N-methyl/N-ethyl adjacent to an activating group) is 1. The second-order valence-corrected chi connectivity index (χ2v) is 4.87. The number of nitrogens with zero attached hydrogens (tertiary/aromatic N) is 1. The molecule has 0 saturated carbocycles. The molecule has 3 nitrogen and oxygen atoms in total. The molecule has 0 aromatic heterocycles. The minimum Gasteiger partial charge on any atom is -0.383 e. The van der Waals surface area contributed by atoms with Crippen LogP contribution in [0.25, 0.3) is 0 Å². The number of nitrogens with one attached hydrogen (secondary N) is 1. The molecule has 2 unspecified atom stereocenters. The van der Waals surface area contributed by atoms with Gasteiger partial charge in [0.1, 0.15) is 0 Å². The quantitative estimate of drug-likeness (QED) is 0.862. The van der Waals surface area contributed by atoms with Crippen molar-refractivity contribution in [2.75, 3.05) is 32.6 Å². The van der Waals surface area contributed by atoms with E-state index >= 15 is 0 Å². The van der Waals surface area contributed by atoms with Gasteiger partial charge in [0, 0.05) is 31.4 Å². The fourth-order valence-electron chi connectivity index (χ4n) is 2.43. The van der Waals surface area contributed by atoms with Crippen LogP contribution in [-0.4, -0.2) is 44.3 Å². The van der Waals surface area contributed by atoms with E-state index in [1.54, 1.807) is 7.11 Å². The molecule has 1 aromatic carbocycles. The lowest BCUT2D eigenvalue weighted by atomic mass is 9.98. The van der Waals surface area contributed by atoms with E-state index in [-0.39, 0.29) is 0 Å². The summed E-state index contributed by atoms with van der Waals surface area (Å²) in [4.78, 5) is 2.41. The van der Waals surface area contributed by atoms with Crippen LogP contribution in [0.15, 0.2) is 24.3 Å². The summed E-state index contributed by atoms with van der Waals surface area (Å²) >= 11 is 0. The Balaban J connectivity index is 2.02. The van der Waals surface area contributed by atoms with E-state index < -0.39 is 0 Å². The number of rotatable bonds is 4. The molecule has 0 spiro atoms. The summed E-state index contributed by atoms with van der Waals surface area (Å²) < 4.78 is 5.22. The van der Waals surface area contributed by atoms with Crippen molar-refractivity contribution in [3.63, 3.8) is 0 Å². The van der Waals surface area contributed by atoms with E-state index in [1.165, 1.54) is 11.3 Å². The molecule has 17 heavy (non-hydrogen) atoms. The maximum absolute atomic E-state index is 5.22. The fourth-order valence-corrected chi connectivity index (χ4v) is 2.43. The highest BCUT2D eigenvalue weighted by Gasteiger charge is 2.24. The Hall–Kier alpha value is -1.06. The number of hydrogen-bond acceptors (Lipinski definition) is 3. The first-order valence-electron chi connectivity index (χ1n) is 6.25. The monoisotopic (exact) mass is 234 g/mol. The van der Waals surface area contributed by atoms with Crippen molar-refractivity contribution in [3.05, 3.63) is 29.8 Å². The fraction of sp³-hybridized carbons (Fsp3) is 0.571. The SMILES string of the molecule is COCC(C)N(C)C1CNc2ccccc2C1. The summed E-state index contributed by atoms with van der Waals surface area (Å²) in [7, 11) is 3.95. The molecule has 0 saturated heterocycles. The van der Waals surface area contributed by atoms with Crippen LogP contribution in [0.4, 0.5) is 5.69 Å². The molecule has 1 aromatic rings. The zero-order valence-corrected chi connectivity index (χ0v) is 10.9. The van der Waals surface area contributed by atoms with E-state index in [9.17, 15) is 0 Å². The van der Waals surface area contributed by atoms with Gasteiger partial charge in [-0.15, -0.1) is 0 Å². The highest BCUT2D eigenvalue weighted by molar-refractivity contribution is 5.53. The number of fused-ring (bicyclic) bond motifs is 1. The Morgan fingerprint density at radius 1 is 1.47 bits per heavy atom. The molecular formula is C14H22N2O. The van der Waals surface area contributed by atoms with E-state index in [2.05, 4.69) is 48.5 Å². The standard InChI is InChI=1S/C14H22N2O/c1-11(10-17-3)16(2)13-8-12-6-4-5-7-14(12)15-9-13/h4-7,11,13,15H,8-10H2,1-3H3. The Labute approximate surface area is 104 Å². The number of methoxy groups -OCH3 is 1. The Morgan fingerprint density at radius 2 is 2.24 bits per heavy atom. The van der Waals surface area contributed by atoms with Crippen molar-refractivity contribution in [2.45, 2.75) is 25.4 Å². The summed E-state index contributed by atoms with van der Waals surface area (Å²) in [5.74, 6) is 0. The highest BCUT2D eigenvalue weighted by Crippen LogP contribution is 2.23. The van der Waals surface area contributed by atoms with Crippen LogP contribution >= 0.6 is 0 Å². The third kappa shape index (κ3) is 2.79. The lowest BCUT2D eigenvalue weighted by molar-refractivity contribution is 0.0914. The predicted molar refractivity (Wildman–Crippen MR) is 71.5 cm³/mol. The van der Waals surface area contributed by atoms with Crippen LogP contribution in [0.3, 0.4) is 0 Å². The molecule has 1 heterocycles. The van der Waals surface area contributed by atoms with Crippen LogP contribution in [0.5, 0.6) is 0 Å². The van der Waals surface area contributed by atoms with Crippen molar-refractivity contribution in [1.29, 1.82) is 0 Å². The maximum atomic E-state index is 5.22. The van der Waals surface area contributed by atoms with Gasteiger partial charge in [-0.05, 0) is 32.0 Å². The van der Waals surface area contributed by atoms with Crippen molar-refractivity contribution in [3.8, 4) is 0 Å². The van der Waals surface area contributed by atoms with Gasteiger partial charge in [0.2, 0.25) is 0 Å². The van der Waals surface area contributed by atoms with E-state index in [0.29, 0.717) is 12.1 Å². The number of para-hydroxylation sites is 1. The zero-order chi connectivity index (χ0) is 12.3. The van der Waals surface area contributed by atoms with Crippen LogP contribution < -0.4 is 5.32 Å². The summed E-state index contributed by atoms with van der Waals surface area (Å²) in [5, 5.41) is 3.51. The average Bonchev–Trinajstić information content (AvgIpc) is 2.37. The molecular weight excluding hydrogens is 212 g/mol. The lowest BCUT2D eigenvalue weighted by Crippen LogP contribution is -2.47. The number of ether oxygens (including phenoxy) is 1. The molecule has 1 N–H and O–H groups in total. The Morgan fingerprint density at radius 3 is 3.00 bits per heavy atom. The molecule has 0 aliphatic carbocycles. The third-order valence-corrected chi connectivity index (χ3v) is 3.68. The maximum Gasteiger partial charge on any atom is 0.0615 e. The molecule has 0 fully saturated rings. The second-order valence-electron chi connectivity index (χ2n) is 4.87. The first kappa shape index (κ1) is 12.4. The topological polar surface area (TPSA) is 24.5 Å². The van der Waals surface area contributed by atoms with Crippen molar-refractivity contribution < 1.29 is 4.74 Å². The normalized spacial score (nSPS) is 20.8. The van der Waals surface area contributed by atoms with Crippen molar-refractivity contribution >= 4 is 5.69 Å². The molecule has 1 aliphatic rings. The van der Waals surface area contributed by atoms with Crippen LogP contribution in [-0.2, 0) is 11.2 Å². The first-order valence-corrected chi connectivity index (χ1v) is 6.25. The van der Waals surface area contributed by atoms with Crippen molar-refractivity contribution in [2.24, 2.45) is 0 Å². The largest absolute Gasteiger partial charge is 0.383 e. The van der Waals surface area contributed by atoms with Gasteiger partial charge >= 0.3 is 0 Å². The Bertz CT molecular complexity index is 367. The third-order valence-electron chi connectivity index (χ3n) is 3.68. The summed E-state index contributed by atoms with van der Waals surface area (Å²) in [6.07, 6.45) is 1.12. The molecule has 94 valence electrons. The molecule has 3 heteroatoms. The van der Waals surface area contributed by atoms with E-state index in [0.717, 1.165) is 19.6 Å². The van der Waals surface area contributed by atoms with Gasteiger partial charge in [0.15, 0.2) is 0 Å². The smallest absolute Gasteiger partial charge is 0.0615 e. The average molecular weight is 234 g/mol. The minimum absolute atomic E-state index is 0.456. The Kier molecular flexibility index (Phi) is 4.02. The van der Waals surface area contributed by atoms with Gasteiger partial charge < -0.3 is 10.1 Å². The summed E-state index contributed by atoms with van der Waals surface area (Å²) in [6.45, 7) is 4.01. The zero-order valence-electron chi connectivity index (χ0n) is 10.9. The second kappa shape index (κ2) is 5.52. The molecule has 2 rings (SSSR count). The van der Waals surface area contributed by atoms with Gasteiger partial charge in [-0.25, -0.2) is 0 Å². The summed E-state index contributed by atoms with van der Waals surface area (Å²) in [5.41, 5.74) is 2.71. The van der Waals surface area contributed by atoms with Gasteiger partial charge in [0.05, 0.1) is 6.61 Å². The lowest BCUT2D eigenvalue weighted by Gasteiger charge is -2.36. The van der Waals surface area contributed by atoms with Crippen LogP contribution in [0.1, 0.15) is 12.5 Å².